The van der Waals surface area contributed by atoms with Gasteiger partial charge in [0.15, 0.2) is 0 Å². The summed E-state index contributed by atoms with van der Waals surface area (Å²) in [5.74, 6) is 0.267. The molecule has 25 heavy (non-hydrogen) atoms. The summed E-state index contributed by atoms with van der Waals surface area (Å²) in [6.07, 6.45) is 9.85. The zero-order valence-corrected chi connectivity index (χ0v) is 15.1. The quantitative estimate of drug-likeness (QED) is 0.531. The van der Waals surface area contributed by atoms with Gasteiger partial charge in [-0.1, -0.05) is 48.0 Å². The van der Waals surface area contributed by atoms with E-state index < -0.39 is 0 Å². The summed E-state index contributed by atoms with van der Waals surface area (Å²) in [4.78, 5) is 4.27. The van der Waals surface area contributed by atoms with Crippen LogP contribution in [0.3, 0.4) is 0 Å². The Morgan fingerprint density at radius 2 is 1.64 bits per heavy atom. The smallest absolute Gasteiger partial charge is 0.453 e. The summed E-state index contributed by atoms with van der Waals surface area (Å²) in [5, 5.41) is 4.96. The second-order valence-electron chi connectivity index (χ2n) is 5.14. The largest absolute Gasteiger partial charge is 2.00 e. The Morgan fingerprint density at radius 3 is 2.20 bits per heavy atom. The Hall–Kier alpha value is -2.39. The van der Waals surface area contributed by atoms with E-state index in [1.807, 2.05) is 85.0 Å². The van der Waals surface area contributed by atoms with E-state index in [1.165, 1.54) is 0 Å². The van der Waals surface area contributed by atoms with Crippen LogP contribution in [0.4, 0.5) is 0 Å². The van der Waals surface area contributed by atoms with E-state index in [9.17, 15) is 0 Å². The average Bonchev–Trinajstić information content (AvgIpc) is 3.31. The third kappa shape index (κ3) is 5.30. The van der Waals surface area contributed by atoms with Gasteiger partial charge >= 0.3 is 17.1 Å². The number of hydrogen-bond donors (Lipinski definition) is 1. The van der Waals surface area contributed by atoms with Gasteiger partial charge in [-0.25, -0.2) is 12.1 Å². The molecule has 0 fully saturated rings. The third-order valence-electron chi connectivity index (χ3n) is 3.40. The minimum absolute atomic E-state index is 0. The number of hydrogen-bond acceptors (Lipinski definition) is 2. The van der Waals surface area contributed by atoms with Crippen LogP contribution in [0.15, 0.2) is 101 Å². The van der Waals surface area contributed by atoms with Gasteiger partial charge in [-0.15, -0.1) is 0 Å². The van der Waals surface area contributed by atoms with Crippen LogP contribution in [-0.4, -0.2) is 5.96 Å². The van der Waals surface area contributed by atoms with Crippen molar-refractivity contribution >= 4 is 23.3 Å². The van der Waals surface area contributed by atoms with Gasteiger partial charge in [0.1, 0.15) is 0 Å². The van der Waals surface area contributed by atoms with Crippen LogP contribution in [0.2, 0.25) is 5.02 Å². The van der Waals surface area contributed by atoms with Crippen molar-refractivity contribution in [3.05, 3.63) is 112 Å². The third-order valence-corrected chi connectivity index (χ3v) is 3.65. The van der Waals surface area contributed by atoms with Crippen LogP contribution in [0.5, 0.6) is 0 Å². The van der Waals surface area contributed by atoms with E-state index in [0.29, 0.717) is 5.02 Å². The van der Waals surface area contributed by atoms with Crippen LogP contribution in [0, 0.1) is 0 Å². The van der Waals surface area contributed by atoms with Crippen molar-refractivity contribution in [1.29, 1.82) is 0 Å². The van der Waals surface area contributed by atoms with E-state index in [1.54, 1.807) is 0 Å². The van der Waals surface area contributed by atoms with E-state index in [4.69, 9.17) is 17.3 Å². The van der Waals surface area contributed by atoms with E-state index in [-0.39, 0.29) is 23.0 Å². The van der Waals surface area contributed by atoms with Crippen molar-refractivity contribution in [2.24, 2.45) is 10.7 Å². The normalized spacial score (nSPS) is 14.8. The first-order valence-electron chi connectivity index (χ1n) is 7.51. The fourth-order valence-corrected chi connectivity index (χ4v) is 2.37. The summed E-state index contributed by atoms with van der Waals surface area (Å²) in [6.45, 7) is 0. The molecule has 0 spiro atoms. The number of benzene rings is 1. The van der Waals surface area contributed by atoms with Gasteiger partial charge in [0.25, 0.3) is 0 Å². The SMILES string of the molecule is NC1=NC(c2ccc(Cl)cc2)=CC(=C2C=CC=C2)[N-]1.[Fe+2].c1cc[cH-]c1. The van der Waals surface area contributed by atoms with Gasteiger partial charge < -0.3 is 16.0 Å². The zero-order valence-electron chi connectivity index (χ0n) is 13.3. The zero-order chi connectivity index (χ0) is 16.8. The van der Waals surface area contributed by atoms with E-state index in [2.05, 4.69) is 10.3 Å². The van der Waals surface area contributed by atoms with Gasteiger partial charge in [-0.05, 0) is 29.3 Å². The Morgan fingerprint density at radius 1 is 1.00 bits per heavy atom. The number of guanidine groups is 1. The van der Waals surface area contributed by atoms with Crippen LogP contribution >= 0.6 is 11.6 Å². The maximum atomic E-state index is 5.89. The average molecular weight is 390 g/mol. The number of nitrogens with two attached hydrogens (primary N) is 1. The Kier molecular flexibility index (Phi) is 6.96. The minimum Gasteiger partial charge on any atom is -0.453 e. The Labute approximate surface area is 163 Å². The predicted octanol–water partition coefficient (Wildman–Crippen LogP) is 5.17. The predicted molar refractivity (Wildman–Crippen MR) is 102 cm³/mol. The number of nitrogens with zero attached hydrogens (tertiary/aromatic N) is 2. The fourth-order valence-electron chi connectivity index (χ4n) is 2.25. The molecule has 0 saturated heterocycles. The van der Waals surface area contributed by atoms with Gasteiger partial charge in [0, 0.05) is 22.4 Å². The van der Waals surface area contributed by atoms with Gasteiger partial charge in [0.2, 0.25) is 0 Å². The molecule has 3 nitrogen and oxygen atoms in total. The summed E-state index contributed by atoms with van der Waals surface area (Å²) in [7, 11) is 0. The molecular formula is C20H16ClFeN3. The molecule has 2 aromatic carbocycles. The minimum atomic E-state index is 0. The molecule has 1 aliphatic carbocycles. The first-order chi connectivity index (χ1) is 11.7. The molecule has 0 atom stereocenters. The van der Waals surface area contributed by atoms with Crippen LogP contribution in [-0.2, 0) is 17.1 Å². The first-order valence-corrected chi connectivity index (χ1v) is 7.89. The summed E-state index contributed by atoms with van der Waals surface area (Å²) >= 11 is 5.89. The standard InChI is InChI=1S/C15H11ClN3.C5H5.Fe/c16-12-7-5-11(6-8-12)14-9-13(18-15(17)19-14)10-3-1-2-4-10;1-2-4-5-3-1;/h1-9H,(H2-,17,18,19);1-5H;/q2*-1;+2. The molecule has 0 amide bonds. The maximum Gasteiger partial charge on any atom is 2.00 e. The van der Waals surface area contributed by atoms with Crippen LogP contribution < -0.4 is 5.73 Å². The molecule has 2 aliphatic rings. The fraction of sp³-hybridized carbons (Fsp3) is 0. The van der Waals surface area contributed by atoms with E-state index in [0.717, 1.165) is 22.5 Å². The molecule has 0 saturated carbocycles. The van der Waals surface area contributed by atoms with E-state index >= 15 is 0 Å². The van der Waals surface area contributed by atoms with Crippen LogP contribution in [0.25, 0.3) is 11.0 Å². The molecule has 2 aromatic rings. The van der Waals surface area contributed by atoms with Crippen molar-refractivity contribution < 1.29 is 17.1 Å². The summed E-state index contributed by atoms with van der Waals surface area (Å²) in [5.41, 5.74) is 9.39. The molecule has 0 unspecified atom stereocenters. The number of rotatable bonds is 1. The van der Waals surface area contributed by atoms with Crippen molar-refractivity contribution in [1.82, 2.24) is 0 Å². The molecule has 0 bridgehead atoms. The summed E-state index contributed by atoms with van der Waals surface area (Å²) in [6, 6.07) is 17.5. The molecular weight excluding hydrogens is 374 g/mol. The number of halogens is 1. The molecule has 1 heterocycles. The van der Waals surface area contributed by atoms with Crippen molar-refractivity contribution in [2.75, 3.05) is 0 Å². The maximum absolute atomic E-state index is 5.89. The number of allylic oxidation sites excluding steroid dienone is 6. The molecule has 0 radical (unpaired) electrons. The van der Waals surface area contributed by atoms with Crippen molar-refractivity contribution in [3.63, 3.8) is 0 Å². The molecule has 1 aliphatic heterocycles. The van der Waals surface area contributed by atoms with Gasteiger partial charge in [0.05, 0.1) is 0 Å². The molecule has 5 heteroatoms. The second kappa shape index (κ2) is 9.19. The monoisotopic (exact) mass is 389 g/mol. The van der Waals surface area contributed by atoms with Crippen LogP contribution in [0.1, 0.15) is 5.56 Å². The first kappa shape index (κ1) is 18.9. The van der Waals surface area contributed by atoms with Gasteiger partial charge in [-0.3, -0.25) is 0 Å². The molecule has 2 N–H and O–H groups in total. The molecule has 4 rings (SSSR count). The van der Waals surface area contributed by atoms with Crippen molar-refractivity contribution in [2.45, 2.75) is 0 Å². The second-order valence-corrected chi connectivity index (χ2v) is 5.58. The topological polar surface area (TPSA) is 52.5 Å². The Balaban J connectivity index is 0.000000325. The Bertz CT molecular complexity index is 810. The van der Waals surface area contributed by atoms with Crippen molar-refractivity contribution in [3.8, 4) is 0 Å². The number of aliphatic imine (C=N–C) groups is 1. The molecule has 0 aromatic heterocycles. The molecule has 126 valence electrons. The summed E-state index contributed by atoms with van der Waals surface area (Å²) < 4.78 is 0. The van der Waals surface area contributed by atoms with Gasteiger partial charge in [-0.2, -0.15) is 18.2 Å².